The number of nitrogens with two attached hydrogens (primary N) is 3. The SMILES string of the molecule is CCCCCCCC(CC)CCN.CCNC(=O)CC[C@@H](N)C(=O)O.N[C@H](CCC(=O)O)C(=O)O. The van der Waals surface area contributed by atoms with Gasteiger partial charge < -0.3 is 37.8 Å². The van der Waals surface area contributed by atoms with E-state index in [9.17, 15) is 19.2 Å². The highest BCUT2D eigenvalue weighted by atomic mass is 16.4. The summed E-state index contributed by atoms with van der Waals surface area (Å²) in [7, 11) is 0. The largest absolute Gasteiger partial charge is 0.481 e. The number of unbranched alkanes of at least 4 members (excludes halogenated alkanes) is 4. The number of carbonyl (C=O) groups is 4. The molecule has 0 heterocycles. The third kappa shape index (κ3) is 29.7. The van der Waals surface area contributed by atoms with Crippen molar-refractivity contribution < 1.29 is 34.5 Å². The van der Waals surface area contributed by atoms with Crippen LogP contribution >= 0.6 is 0 Å². The van der Waals surface area contributed by atoms with Crippen molar-refractivity contribution >= 4 is 23.8 Å². The van der Waals surface area contributed by atoms with E-state index in [0.29, 0.717) is 6.54 Å². The highest BCUT2D eigenvalue weighted by molar-refractivity contribution is 5.78. The Bertz CT molecular complexity index is 562. The summed E-state index contributed by atoms with van der Waals surface area (Å²) in [5.74, 6) is -2.53. The molecule has 0 rings (SSSR count). The summed E-state index contributed by atoms with van der Waals surface area (Å²) in [4.78, 5) is 40.9. The van der Waals surface area contributed by atoms with Crippen molar-refractivity contribution in [3.05, 3.63) is 0 Å². The maximum atomic E-state index is 10.8. The van der Waals surface area contributed by atoms with Crippen LogP contribution in [0.1, 0.15) is 97.8 Å². The van der Waals surface area contributed by atoms with Gasteiger partial charge in [0.05, 0.1) is 0 Å². The van der Waals surface area contributed by atoms with Gasteiger partial charge in [0.2, 0.25) is 5.91 Å². The minimum absolute atomic E-state index is 0.0231. The summed E-state index contributed by atoms with van der Waals surface area (Å²) < 4.78 is 0. The molecule has 0 saturated carbocycles. The van der Waals surface area contributed by atoms with Gasteiger partial charge in [0.1, 0.15) is 12.1 Å². The summed E-state index contributed by atoms with van der Waals surface area (Å²) in [5.41, 5.74) is 15.7. The Hall–Kier alpha value is -2.24. The molecule has 0 aromatic heterocycles. The van der Waals surface area contributed by atoms with Gasteiger partial charge in [-0.25, -0.2) is 0 Å². The molecule has 0 aliphatic rings. The Morgan fingerprint density at radius 2 is 1.26 bits per heavy atom. The summed E-state index contributed by atoms with van der Waals surface area (Å²) >= 11 is 0. The zero-order valence-corrected chi connectivity index (χ0v) is 21.8. The van der Waals surface area contributed by atoms with E-state index in [-0.39, 0.29) is 31.6 Å². The van der Waals surface area contributed by atoms with Crippen LogP contribution in [-0.4, -0.2) is 64.3 Å². The topological polar surface area (TPSA) is 219 Å². The average Bonchev–Trinajstić information content (AvgIpc) is 2.80. The molecular weight excluding hydrogens is 456 g/mol. The van der Waals surface area contributed by atoms with E-state index in [2.05, 4.69) is 19.2 Å². The third-order valence-corrected chi connectivity index (χ3v) is 5.23. The lowest BCUT2D eigenvalue weighted by molar-refractivity contribution is -0.140. The molecule has 10 N–H and O–H groups in total. The molecular formula is C24H50N4O7. The fraction of sp³-hybridized carbons (Fsp3) is 0.833. The third-order valence-electron chi connectivity index (χ3n) is 5.23. The van der Waals surface area contributed by atoms with Crippen LogP contribution in [0.3, 0.4) is 0 Å². The number of hydrogen-bond acceptors (Lipinski definition) is 7. The number of nitrogens with one attached hydrogen (secondary N) is 1. The molecule has 0 aromatic carbocycles. The van der Waals surface area contributed by atoms with E-state index in [0.717, 1.165) is 12.5 Å². The number of hydrogen-bond donors (Lipinski definition) is 7. The molecule has 0 spiro atoms. The number of aliphatic carboxylic acids is 3. The lowest BCUT2D eigenvalue weighted by Crippen LogP contribution is -2.32. The standard InChI is InChI=1S/C12H27N.C7H14N2O3.C5H9NO4/c1-3-5-6-7-8-9-12(4-2)10-11-13;1-2-9-6(10)4-3-5(8)7(11)12;6-3(5(9)10)1-2-4(7)8/h12H,3-11,13H2,1-2H3;5H,2-4,8H2,1H3,(H,9,10)(H,11,12);3H,1-2,6H2,(H,7,8)(H,9,10)/t;5-;3-/m.11/s1. The zero-order valence-electron chi connectivity index (χ0n) is 21.8. The average molecular weight is 507 g/mol. The number of rotatable bonds is 18. The van der Waals surface area contributed by atoms with E-state index >= 15 is 0 Å². The van der Waals surface area contributed by atoms with Crippen LogP contribution in [0.4, 0.5) is 0 Å². The Labute approximate surface area is 210 Å². The van der Waals surface area contributed by atoms with Crippen molar-refractivity contribution in [1.82, 2.24) is 5.32 Å². The number of amides is 1. The van der Waals surface area contributed by atoms with E-state index in [1.807, 2.05) is 0 Å². The molecule has 0 aliphatic carbocycles. The first-order valence-electron chi connectivity index (χ1n) is 12.6. The molecule has 1 amide bonds. The summed E-state index contributed by atoms with van der Waals surface area (Å²) in [5, 5.41) is 27.2. The molecule has 11 heteroatoms. The predicted octanol–water partition coefficient (Wildman–Crippen LogP) is 2.30. The normalized spacial score (nSPS) is 12.6. The summed E-state index contributed by atoms with van der Waals surface area (Å²) in [6.07, 6.45) is 11.1. The van der Waals surface area contributed by atoms with Gasteiger partial charge in [-0.2, -0.15) is 0 Å². The number of carbonyl (C=O) groups excluding carboxylic acids is 1. The van der Waals surface area contributed by atoms with Gasteiger partial charge in [0.15, 0.2) is 0 Å². The lowest BCUT2D eigenvalue weighted by Gasteiger charge is -2.12. The molecule has 11 nitrogen and oxygen atoms in total. The summed E-state index contributed by atoms with van der Waals surface area (Å²) in [6.45, 7) is 7.78. The summed E-state index contributed by atoms with van der Waals surface area (Å²) in [6, 6.07) is -2.00. The van der Waals surface area contributed by atoms with E-state index in [4.69, 9.17) is 32.5 Å². The second kappa shape index (κ2) is 26.4. The smallest absolute Gasteiger partial charge is 0.320 e. The second-order valence-electron chi connectivity index (χ2n) is 8.37. The van der Waals surface area contributed by atoms with Crippen LogP contribution in [-0.2, 0) is 19.2 Å². The van der Waals surface area contributed by atoms with Crippen LogP contribution in [0, 0.1) is 5.92 Å². The molecule has 0 radical (unpaired) electrons. The quantitative estimate of drug-likeness (QED) is 0.134. The van der Waals surface area contributed by atoms with Crippen molar-refractivity contribution in [1.29, 1.82) is 0 Å². The molecule has 0 bridgehead atoms. The molecule has 3 atom stereocenters. The molecule has 0 saturated heterocycles. The molecule has 208 valence electrons. The first kappa shape index (κ1) is 37.3. The van der Waals surface area contributed by atoms with Crippen molar-refractivity contribution in [2.45, 2.75) is 110 Å². The zero-order chi connectivity index (χ0) is 27.6. The lowest BCUT2D eigenvalue weighted by atomic mass is 9.95. The second-order valence-corrected chi connectivity index (χ2v) is 8.37. The number of carboxylic acid groups (broad SMARTS) is 3. The minimum atomic E-state index is -1.17. The van der Waals surface area contributed by atoms with Crippen LogP contribution < -0.4 is 22.5 Å². The van der Waals surface area contributed by atoms with E-state index in [1.165, 1.54) is 51.4 Å². The molecule has 0 fully saturated rings. The van der Waals surface area contributed by atoms with Gasteiger partial charge in [0.25, 0.3) is 0 Å². The Kier molecular flexibility index (Phi) is 28.1. The van der Waals surface area contributed by atoms with E-state index < -0.39 is 30.0 Å². The fourth-order valence-corrected chi connectivity index (χ4v) is 2.92. The molecule has 0 aromatic rings. The van der Waals surface area contributed by atoms with Crippen molar-refractivity contribution in [3.8, 4) is 0 Å². The van der Waals surface area contributed by atoms with Gasteiger partial charge >= 0.3 is 17.9 Å². The van der Waals surface area contributed by atoms with Crippen LogP contribution in [0.2, 0.25) is 0 Å². The highest BCUT2D eigenvalue weighted by Gasteiger charge is 2.13. The first-order valence-corrected chi connectivity index (χ1v) is 12.6. The molecule has 1 unspecified atom stereocenters. The van der Waals surface area contributed by atoms with Crippen molar-refractivity contribution in [2.24, 2.45) is 23.1 Å². The van der Waals surface area contributed by atoms with E-state index in [1.54, 1.807) is 6.92 Å². The van der Waals surface area contributed by atoms with Gasteiger partial charge in [-0.15, -0.1) is 0 Å². The monoisotopic (exact) mass is 506 g/mol. The first-order chi connectivity index (χ1) is 16.5. The maximum absolute atomic E-state index is 10.8. The van der Waals surface area contributed by atoms with Gasteiger partial charge in [-0.05, 0) is 38.6 Å². The van der Waals surface area contributed by atoms with Gasteiger partial charge in [0, 0.05) is 19.4 Å². The predicted molar refractivity (Wildman–Crippen MR) is 137 cm³/mol. The van der Waals surface area contributed by atoms with Gasteiger partial charge in [-0.1, -0.05) is 58.8 Å². The van der Waals surface area contributed by atoms with Crippen molar-refractivity contribution in [3.63, 3.8) is 0 Å². The van der Waals surface area contributed by atoms with Crippen LogP contribution in [0.15, 0.2) is 0 Å². The van der Waals surface area contributed by atoms with Crippen LogP contribution in [0.5, 0.6) is 0 Å². The Morgan fingerprint density at radius 3 is 1.66 bits per heavy atom. The molecule has 0 aliphatic heterocycles. The fourth-order valence-electron chi connectivity index (χ4n) is 2.92. The Morgan fingerprint density at radius 1 is 0.743 bits per heavy atom. The van der Waals surface area contributed by atoms with Crippen molar-refractivity contribution in [2.75, 3.05) is 13.1 Å². The van der Waals surface area contributed by atoms with Gasteiger partial charge in [-0.3, -0.25) is 19.2 Å². The maximum Gasteiger partial charge on any atom is 0.320 e. The number of carboxylic acids is 3. The van der Waals surface area contributed by atoms with Crippen LogP contribution in [0.25, 0.3) is 0 Å². The molecule has 35 heavy (non-hydrogen) atoms. The highest BCUT2D eigenvalue weighted by Crippen LogP contribution is 2.17. The minimum Gasteiger partial charge on any atom is -0.481 e. The Balaban J connectivity index is -0.000000443.